The smallest absolute Gasteiger partial charge is 0.759 e. The van der Waals surface area contributed by atoms with Crippen molar-refractivity contribution in [3.63, 3.8) is 0 Å². The molecule has 12 nitrogen and oxygen atoms in total. The molecular weight excluding hydrogens is 464 g/mol. The predicted octanol–water partition coefficient (Wildman–Crippen LogP) is 0.616. The van der Waals surface area contributed by atoms with Crippen molar-refractivity contribution in [2.45, 2.75) is 27.7 Å². The quantitative estimate of drug-likeness (QED) is 0.276. The molecular formula is C16H24CuN8O4S. The first kappa shape index (κ1) is 29.9. The molecule has 0 fully saturated rings. The maximum absolute atomic E-state index is 8.52. The first-order valence-corrected chi connectivity index (χ1v) is 9.72. The first-order valence-electron chi connectivity index (χ1n) is 8.39. The van der Waals surface area contributed by atoms with E-state index >= 15 is 0 Å². The van der Waals surface area contributed by atoms with Crippen LogP contribution >= 0.6 is 0 Å². The van der Waals surface area contributed by atoms with Crippen LogP contribution in [0.4, 0.5) is 0 Å². The third kappa shape index (κ3) is 23.8. The maximum atomic E-state index is 8.52. The van der Waals surface area contributed by atoms with Crippen molar-refractivity contribution in [2.24, 2.45) is 39.9 Å². The molecule has 0 N–H and O–H groups in total. The predicted molar refractivity (Wildman–Crippen MR) is 116 cm³/mol. The Morgan fingerprint density at radius 2 is 0.767 bits per heavy atom. The molecule has 0 saturated carbocycles. The van der Waals surface area contributed by atoms with Gasteiger partial charge in [0.2, 0.25) is 0 Å². The summed E-state index contributed by atoms with van der Waals surface area (Å²) < 4.78 is 34.1. The van der Waals surface area contributed by atoms with Crippen LogP contribution in [-0.4, -0.2) is 91.9 Å². The van der Waals surface area contributed by atoms with E-state index in [0.29, 0.717) is 0 Å². The molecule has 4 heterocycles. The zero-order valence-corrected chi connectivity index (χ0v) is 18.8. The molecule has 0 aromatic carbocycles. The average molecular weight is 488 g/mol. The van der Waals surface area contributed by atoms with Gasteiger partial charge in [0.25, 0.3) is 0 Å². The number of hydrogen-bond donors (Lipinski definition) is 0. The van der Waals surface area contributed by atoms with E-state index < -0.39 is 10.4 Å². The zero-order valence-electron chi connectivity index (χ0n) is 17.1. The van der Waals surface area contributed by atoms with Crippen molar-refractivity contribution in [3.8, 4) is 0 Å². The van der Waals surface area contributed by atoms with Gasteiger partial charge in [0.05, 0.1) is 26.2 Å². The number of nitrogens with zero attached hydrogens (tertiary/aromatic N) is 8. The van der Waals surface area contributed by atoms with E-state index in [1.807, 2.05) is 27.7 Å². The van der Waals surface area contributed by atoms with Crippen LogP contribution in [0.15, 0.2) is 39.9 Å². The zero-order chi connectivity index (χ0) is 22.1. The fourth-order valence-corrected chi connectivity index (χ4v) is 1.55. The Hall–Kier alpha value is -2.25. The van der Waals surface area contributed by atoms with Gasteiger partial charge in [-0.1, -0.05) is 0 Å². The molecule has 0 aromatic heterocycles. The fourth-order valence-electron chi connectivity index (χ4n) is 1.55. The van der Waals surface area contributed by atoms with E-state index in [4.69, 9.17) is 17.5 Å². The van der Waals surface area contributed by atoms with Gasteiger partial charge in [0, 0.05) is 35.3 Å². The minimum absolute atomic E-state index is 0. The minimum Gasteiger partial charge on any atom is -0.759 e. The molecule has 0 saturated heterocycles. The molecule has 14 heteroatoms. The third-order valence-corrected chi connectivity index (χ3v) is 2.72. The van der Waals surface area contributed by atoms with Gasteiger partial charge in [-0.3, -0.25) is 28.4 Å². The van der Waals surface area contributed by atoms with Crippen molar-refractivity contribution in [1.29, 1.82) is 0 Å². The summed E-state index contributed by atoms with van der Waals surface area (Å²) in [6.07, 6.45) is 7.20. The van der Waals surface area contributed by atoms with E-state index in [9.17, 15) is 0 Å². The van der Waals surface area contributed by atoms with E-state index in [0.717, 1.165) is 49.5 Å². The third-order valence-electron chi connectivity index (χ3n) is 2.72. The first-order chi connectivity index (χ1) is 13.6. The Morgan fingerprint density at radius 3 is 0.800 bits per heavy atom. The van der Waals surface area contributed by atoms with Crippen molar-refractivity contribution in [2.75, 3.05) is 26.2 Å². The Morgan fingerprint density at radius 1 is 0.600 bits per heavy atom. The minimum atomic E-state index is -5.17. The molecule has 0 atom stereocenters. The summed E-state index contributed by atoms with van der Waals surface area (Å²) in [7, 11) is -5.17. The van der Waals surface area contributed by atoms with Gasteiger partial charge in [-0.15, -0.1) is 0 Å². The summed E-state index contributed by atoms with van der Waals surface area (Å²) in [5.41, 5.74) is 0. The number of amidine groups is 4. The van der Waals surface area contributed by atoms with Crippen molar-refractivity contribution < 1.29 is 34.6 Å². The van der Waals surface area contributed by atoms with Crippen LogP contribution in [-0.2, 0) is 27.5 Å². The van der Waals surface area contributed by atoms with E-state index in [1.165, 1.54) is 0 Å². The second kappa shape index (κ2) is 17.6. The molecule has 1 radical (unpaired) electrons. The Kier molecular flexibility index (Phi) is 17.6. The molecule has 0 amide bonds. The monoisotopic (exact) mass is 487 g/mol. The molecule has 169 valence electrons. The fraction of sp³-hybridized carbons (Fsp3) is 0.500. The summed E-state index contributed by atoms with van der Waals surface area (Å²) >= 11 is 0. The molecule has 0 aliphatic carbocycles. The molecule has 4 aliphatic rings. The van der Waals surface area contributed by atoms with Crippen molar-refractivity contribution in [1.82, 2.24) is 0 Å². The van der Waals surface area contributed by atoms with Gasteiger partial charge in [-0.25, -0.2) is 20.0 Å². The Bertz CT molecular complexity index is 727. The molecule has 0 unspecified atom stereocenters. The second-order valence-corrected chi connectivity index (χ2v) is 6.02. The van der Waals surface area contributed by atoms with Gasteiger partial charge in [0.15, 0.2) is 0 Å². The molecule has 4 aliphatic heterocycles. The van der Waals surface area contributed by atoms with Crippen LogP contribution in [0.25, 0.3) is 0 Å². The van der Waals surface area contributed by atoms with Gasteiger partial charge in [-0.2, -0.15) is 0 Å². The van der Waals surface area contributed by atoms with Crippen molar-refractivity contribution in [3.05, 3.63) is 0 Å². The van der Waals surface area contributed by atoms with Crippen LogP contribution in [0.3, 0.4) is 0 Å². The Balaban J connectivity index is 0. The van der Waals surface area contributed by atoms with Gasteiger partial charge in [-0.05, 0) is 27.7 Å². The number of rotatable bonds is 0. The topological polar surface area (TPSA) is 179 Å². The van der Waals surface area contributed by atoms with E-state index in [2.05, 4.69) is 39.9 Å². The second-order valence-electron chi connectivity index (χ2n) is 5.21. The average Bonchev–Trinajstić information content (AvgIpc) is 3.38. The maximum Gasteiger partial charge on any atom is 2.00 e. The number of hydrogen-bond acceptors (Lipinski definition) is 12. The Labute approximate surface area is 187 Å². The molecule has 30 heavy (non-hydrogen) atoms. The molecule has 0 bridgehead atoms. The molecule has 0 spiro atoms. The van der Waals surface area contributed by atoms with Crippen LogP contribution < -0.4 is 0 Å². The van der Waals surface area contributed by atoms with Crippen LogP contribution in [0, 0.1) is 0 Å². The normalized spacial score (nSPS) is 16.7. The summed E-state index contributed by atoms with van der Waals surface area (Å²) in [6.45, 7) is 10.7. The molecule has 0 aromatic rings. The SMILES string of the molecule is CC1=NCC=N1.CC1=NCC=N1.CC1=NCC=N1.CC1=NCC=N1.O=S(=O)([O-])[O-].[Cu+2]. The van der Waals surface area contributed by atoms with Crippen LogP contribution in [0.2, 0.25) is 0 Å². The summed E-state index contributed by atoms with van der Waals surface area (Å²) in [4.78, 5) is 31.2. The summed E-state index contributed by atoms with van der Waals surface area (Å²) in [6, 6.07) is 0. The summed E-state index contributed by atoms with van der Waals surface area (Å²) in [5, 5.41) is 0. The largest absolute Gasteiger partial charge is 2.00 e. The van der Waals surface area contributed by atoms with Gasteiger partial charge in [0.1, 0.15) is 23.3 Å². The number of aliphatic imine (C=N–C) groups is 8. The van der Waals surface area contributed by atoms with Crippen LogP contribution in [0.1, 0.15) is 27.7 Å². The van der Waals surface area contributed by atoms with E-state index in [-0.39, 0.29) is 17.1 Å². The van der Waals surface area contributed by atoms with Crippen LogP contribution in [0.5, 0.6) is 0 Å². The molecule has 4 rings (SSSR count). The van der Waals surface area contributed by atoms with Crippen molar-refractivity contribution >= 4 is 58.6 Å². The van der Waals surface area contributed by atoms with Gasteiger partial charge >= 0.3 is 17.1 Å². The summed E-state index contributed by atoms with van der Waals surface area (Å²) in [5.74, 6) is 3.59. The van der Waals surface area contributed by atoms with Gasteiger partial charge < -0.3 is 9.11 Å². The standard InChI is InChI=1S/4C4H6N2.Cu.H2O4S/c4*1-4-5-2-3-6-4;;1-5(2,3)4/h4*2H,3H2,1H3;;(H2,1,2,3,4)/q;;;;+2;/p-2. The van der Waals surface area contributed by atoms with E-state index in [1.54, 1.807) is 24.9 Å².